The number of carbonyl (C=O) groups is 2. The molecule has 0 spiro atoms. The maximum Gasteiger partial charge on any atom is 0.306 e. The molecule has 24 heavy (non-hydrogen) atoms. The average Bonchev–Trinajstić information content (AvgIpc) is 3.33. The number of piperidine rings is 1. The summed E-state index contributed by atoms with van der Waals surface area (Å²) in [7, 11) is 0. The Kier molecular flexibility index (Phi) is 5.48. The van der Waals surface area contributed by atoms with Gasteiger partial charge in [0.15, 0.2) is 5.82 Å². The molecule has 1 aliphatic carbocycles. The summed E-state index contributed by atoms with van der Waals surface area (Å²) in [4.78, 5) is 30.0. The molecule has 0 bridgehead atoms. The van der Waals surface area contributed by atoms with Crippen molar-refractivity contribution in [2.45, 2.75) is 57.8 Å². The van der Waals surface area contributed by atoms with Crippen LogP contribution in [-0.2, 0) is 20.7 Å². The number of ether oxygens (including phenoxy) is 1. The molecule has 132 valence electrons. The van der Waals surface area contributed by atoms with Gasteiger partial charge in [0.05, 0.1) is 13.0 Å². The molecule has 3 rings (SSSR count). The lowest BCUT2D eigenvalue weighted by atomic mass is 9.94. The van der Waals surface area contributed by atoms with Crippen molar-refractivity contribution >= 4 is 11.9 Å². The quantitative estimate of drug-likeness (QED) is 0.709. The summed E-state index contributed by atoms with van der Waals surface area (Å²) in [6, 6.07) is 0. The van der Waals surface area contributed by atoms with E-state index in [9.17, 15) is 9.59 Å². The zero-order valence-corrected chi connectivity index (χ0v) is 14.2. The molecule has 1 aliphatic heterocycles. The van der Waals surface area contributed by atoms with Gasteiger partial charge in [-0.3, -0.25) is 9.59 Å². The number of aromatic nitrogens is 2. The van der Waals surface area contributed by atoms with Crippen molar-refractivity contribution in [2.75, 3.05) is 19.7 Å². The van der Waals surface area contributed by atoms with Crippen molar-refractivity contribution in [2.24, 2.45) is 5.92 Å². The Labute approximate surface area is 141 Å². The van der Waals surface area contributed by atoms with Crippen LogP contribution in [0.3, 0.4) is 0 Å². The monoisotopic (exact) mass is 335 g/mol. The molecule has 2 heterocycles. The predicted octanol–water partition coefficient (Wildman–Crippen LogP) is 2.07. The SMILES string of the molecule is CCOC(=O)CCC(=O)N1CCCC(Cc2nc(C3CC3)no2)C1. The van der Waals surface area contributed by atoms with Crippen LogP contribution >= 0.6 is 0 Å². The van der Waals surface area contributed by atoms with Crippen molar-refractivity contribution in [3.63, 3.8) is 0 Å². The molecule has 0 radical (unpaired) electrons. The minimum atomic E-state index is -0.308. The number of likely N-dealkylation sites (tertiary alicyclic amines) is 1. The van der Waals surface area contributed by atoms with Crippen LogP contribution in [0.5, 0.6) is 0 Å². The standard InChI is InChI=1S/C17H25N3O4/c1-2-23-16(22)8-7-15(21)20-9-3-4-12(11-20)10-14-18-17(19-24-14)13-5-6-13/h12-13H,2-11H2,1H3. The van der Waals surface area contributed by atoms with Crippen LogP contribution in [0.15, 0.2) is 4.52 Å². The summed E-state index contributed by atoms with van der Waals surface area (Å²) in [6.07, 6.45) is 5.44. The highest BCUT2D eigenvalue weighted by Crippen LogP contribution is 2.38. The number of carbonyl (C=O) groups excluding carboxylic acids is 2. The van der Waals surface area contributed by atoms with Gasteiger partial charge >= 0.3 is 5.97 Å². The molecule has 1 aromatic heterocycles. The molecule has 1 unspecified atom stereocenters. The Morgan fingerprint density at radius 1 is 1.29 bits per heavy atom. The molecule has 0 N–H and O–H groups in total. The minimum absolute atomic E-state index is 0.0250. The van der Waals surface area contributed by atoms with E-state index < -0.39 is 0 Å². The number of hydrogen-bond donors (Lipinski definition) is 0. The van der Waals surface area contributed by atoms with Gasteiger partial charge in [-0.25, -0.2) is 0 Å². The molecule has 1 aromatic rings. The second-order valence-corrected chi connectivity index (χ2v) is 6.68. The molecular formula is C17H25N3O4. The van der Waals surface area contributed by atoms with Gasteiger partial charge in [-0.1, -0.05) is 5.16 Å². The lowest BCUT2D eigenvalue weighted by molar-refractivity contribution is -0.146. The van der Waals surface area contributed by atoms with Crippen molar-refractivity contribution in [3.8, 4) is 0 Å². The van der Waals surface area contributed by atoms with Gasteiger partial charge in [0, 0.05) is 31.8 Å². The van der Waals surface area contributed by atoms with Gasteiger partial charge in [0.25, 0.3) is 0 Å². The lowest BCUT2D eigenvalue weighted by Crippen LogP contribution is -2.40. The van der Waals surface area contributed by atoms with Crippen LogP contribution in [0, 0.1) is 5.92 Å². The Balaban J connectivity index is 1.46. The van der Waals surface area contributed by atoms with Crippen LogP contribution in [0.2, 0.25) is 0 Å². The van der Waals surface area contributed by atoms with Gasteiger partial charge in [0.1, 0.15) is 0 Å². The largest absolute Gasteiger partial charge is 0.466 e. The second-order valence-electron chi connectivity index (χ2n) is 6.68. The zero-order chi connectivity index (χ0) is 16.9. The maximum atomic E-state index is 12.3. The lowest BCUT2D eigenvalue weighted by Gasteiger charge is -2.32. The van der Waals surface area contributed by atoms with E-state index in [1.165, 1.54) is 0 Å². The summed E-state index contributed by atoms with van der Waals surface area (Å²) in [5, 5.41) is 4.05. The Morgan fingerprint density at radius 2 is 2.12 bits per heavy atom. The summed E-state index contributed by atoms with van der Waals surface area (Å²) >= 11 is 0. The van der Waals surface area contributed by atoms with E-state index in [2.05, 4.69) is 10.1 Å². The molecule has 1 atom stereocenters. The molecule has 1 amide bonds. The van der Waals surface area contributed by atoms with Crippen LogP contribution in [0.1, 0.15) is 63.1 Å². The molecular weight excluding hydrogens is 310 g/mol. The predicted molar refractivity (Wildman–Crippen MR) is 85.1 cm³/mol. The van der Waals surface area contributed by atoms with Crippen molar-refractivity contribution in [1.29, 1.82) is 0 Å². The summed E-state index contributed by atoms with van der Waals surface area (Å²) in [5.74, 6) is 2.08. The molecule has 2 aliphatic rings. The van der Waals surface area contributed by atoms with Crippen LogP contribution in [0.25, 0.3) is 0 Å². The molecule has 7 nitrogen and oxygen atoms in total. The van der Waals surface area contributed by atoms with Gasteiger partial charge in [-0.05, 0) is 38.5 Å². The summed E-state index contributed by atoms with van der Waals surface area (Å²) in [6.45, 7) is 3.57. The normalized spacial score (nSPS) is 20.9. The second kappa shape index (κ2) is 7.77. The fraction of sp³-hybridized carbons (Fsp3) is 0.765. The van der Waals surface area contributed by atoms with Crippen LogP contribution in [-0.4, -0.2) is 46.6 Å². The fourth-order valence-electron chi connectivity index (χ4n) is 3.16. The van der Waals surface area contributed by atoms with Crippen LogP contribution in [0.4, 0.5) is 0 Å². The van der Waals surface area contributed by atoms with Gasteiger partial charge in [0.2, 0.25) is 11.8 Å². The van der Waals surface area contributed by atoms with E-state index in [1.807, 2.05) is 4.90 Å². The number of nitrogens with zero attached hydrogens (tertiary/aromatic N) is 3. The van der Waals surface area contributed by atoms with Gasteiger partial charge in [-0.15, -0.1) is 0 Å². The third-order valence-corrected chi connectivity index (χ3v) is 4.61. The number of esters is 1. The van der Waals surface area contributed by atoms with Crippen molar-refractivity contribution in [3.05, 3.63) is 11.7 Å². The summed E-state index contributed by atoms with van der Waals surface area (Å²) < 4.78 is 10.2. The fourth-order valence-corrected chi connectivity index (χ4v) is 3.16. The Bertz CT molecular complexity index is 582. The van der Waals surface area contributed by atoms with E-state index in [0.717, 1.165) is 44.5 Å². The molecule has 0 aromatic carbocycles. The molecule has 1 saturated heterocycles. The van der Waals surface area contributed by atoms with E-state index in [0.29, 0.717) is 30.9 Å². The van der Waals surface area contributed by atoms with E-state index in [-0.39, 0.29) is 24.7 Å². The van der Waals surface area contributed by atoms with E-state index in [1.54, 1.807) is 6.92 Å². The van der Waals surface area contributed by atoms with E-state index >= 15 is 0 Å². The third-order valence-electron chi connectivity index (χ3n) is 4.61. The van der Waals surface area contributed by atoms with E-state index in [4.69, 9.17) is 9.26 Å². The highest BCUT2D eigenvalue weighted by Gasteiger charge is 2.30. The van der Waals surface area contributed by atoms with Gasteiger partial charge in [-0.2, -0.15) is 4.98 Å². The first-order chi connectivity index (χ1) is 11.7. The van der Waals surface area contributed by atoms with Gasteiger partial charge < -0.3 is 14.2 Å². The van der Waals surface area contributed by atoms with Crippen LogP contribution < -0.4 is 0 Å². The zero-order valence-electron chi connectivity index (χ0n) is 14.2. The first-order valence-corrected chi connectivity index (χ1v) is 8.91. The number of hydrogen-bond acceptors (Lipinski definition) is 6. The average molecular weight is 335 g/mol. The third kappa shape index (κ3) is 4.55. The maximum absolute atomic E-state index is 12.3. The smallest absolute Gasteiger partial charge is 0.306 e. The first kappa shape index (κ1) is 16.9. The Morgan fingerprint density at radius 3 is 2.88 bits per heavy atom. The Hall–Kier alpha value is -1.92. The molecule has 2 fully saturated rings. The summed E-state index contributed by atoms with van der Waals surface area (Å²) in [5.41, 5.74) is 0. The number of amides is 1. The number of rotatable bonds is 7. The minimum Gasteiger partial charge on any atom is -0.466 e. The topological polar surface area (TPSA) is 85.5 Å². The van der Waals surface area contributed by atoms with Crippen molar-refractivity contribution in [1.82, 2.24) is 15.0 Å². The highest BCUT2D eigenvalue weighted by atomic mass is 16.5. The van der Waals surface area contributed by atoms with Crippen molar-refractivity contribution < 1.29 is 18.8 Å². The first-order valence-electron chi connectivity index (χ1n) is 8.91. The molecule has 1 saturated carbocycles. The highest BCUT2D eigenvalue weighted by molar-refractivity contribution is 5.81. The molecule has 7 heteroatoms.